The molecule has 10 heteroatoms. The number of halogens is 4. The summed E-state index contributed by atoms with van der Waals surface area (Å²) in [6, 6.07) is 10.9. The van der Waals surface area contributed by atoms with Crippen molar-refractivity contribution >= 4 is 17.5 Å². The lowest BCUT2D eigenvalue weighted by Crippen LogP contribution is -2.28. The van der Waals surface area contributed by atoms with E-state index in [4.69, 9.17) is 21.1 Å². The largest absolute Gasteiger partial charge is 0.486 e. The van der Waals surface area contributed by atoms with Gasteiger partial charge in [0.05, 0.1) is 17.4 Å². The van der Waals surface area contributed by atoms with Crippen LogP contribution < -0.4 is 9.47 Å². The van der Waals surface area contributed by atoms with E-state index in [0.717, 1.165) is 6.20 Å². The molecular formula is C21H17ClF3N3O3. The molecule has 2 aromatic carbocycles. The van der Waals surface area contributed by atoms with Gasteiger partial charge in [0, 0.05) is 18.6 Å². The number of fused-ring (bicyclic) bond motifs is 1. The van der Waals surface area contributed by atoms with Gasteiger partial charge in [-0.25, -0.2) is 4.68 Å². The third kappa shape index (κ3) is 4.32. The van der Waals surface area contributed by atoms with Crippen LogP contribution in [0, 0.1) is 0 Å². The number of carbonyl (C=O) groups is 1. The molecule has 0 saturated carbocycles. The van der Waals surface area contributed by atoms with Gasteiger partial charge >= 0.3 is 6.18 Å². The van der Waals surface area contributed by atoms with E-state index in [1.165, 1.54) is 36.2 Å². The molecule has 0 N–H and O–H groups in total. The van der Waals surface area contributed by atoms with Crippen LogP contribution in [0.25, 0.3) is 5.69 Å². The molecule has 0 saturated heterocycles. The van der Waals surface area contributed by atoms with E-state index in [9.17, 15) is 18.0 Å². The number of rotatable bonds is 4. The van der Waals surface area contributed by atoms with Gasteiger partial charge < -0.3 is 14.4 Å². The number of aromatic nitrogens is 2. The van der Waals surface area contributed by atoms with Gasteiger partial charge in [0.15, 0.2) is 17.2 Å². The molecule has 0 atom stereocenters. The van der Waals surface area contributed by atoms with Crippen molar-refractivity contribution in [3.05, 3.63) is 70.5 Å². The van der Waals surface area contributed by atoms with Crippen molar-refractivity contribution in [2.45, 2.75) is 12.7 Å². The fraction of sp³-hybridized carbons (Fsp3) is 0.238. The standard InChI is InChI=1S/C21H17ClF3N3O3/c1-27(12-13-2-7-17-18(10-13)31-9-8-30-17)20(29)16-11-26-28(19(16)21(23,24)25)15-5-3-14(22)4-6-15/h2-7,10-11H,8-9,12H2,1H3. The summed E-state index contributed by atoms with van der Waals surface area (Å²) < 4.78 is 53.2. The molecule has 0 bridgehead atoms. The molecular weight excluding hydrogens is 435 g/mol. The van der Waals surface area contributed by atoms with E-state index >= 15 is 0 Å². The highest BCUT2D eigenvalue weighted by atomic mass is 35.5. The van der Waals surface area contributed by atoms with E-state index in [2.05, 4.69) is 5.10 Å². The zero-order valence-electron chi connectivity index (χ0n) is 16.3. The maximum atomic E-state index is 13.9. The van der Waals surface area contributed by atoms with Crippen molar-refractivity contribution in [1.82, 2.24) is 14.7 Å². The Morgan fingerprint density at radius 1 is 1.13 bits per heavy atom. The highest BCUT2D eigenvalue weighted by Crippen LogP contribution is 2.35. The topological polar surface area (TPSA) is 56.6 Å². The molecule has 0 unspecified atom stereocenters. The van der Waals surface area contributed by atoms with Gasteiger partial charge in [0.1, 0.15) is 13.2 Å². The van der Waals surface area contributed by atoms with Gasteiger partial charge in [-0.05, 0) is 42.0 Å². The first-order valence-corrected chi connectivity index (χ1v) is 9.67. The van der Waals surface area contributed by atoms with E-state index < -0.39 is 23.3 Å². The Morgan fingerprint density at radius 2 is 1.81 bits per heavy atom. The predicted octanol–water partition coefficient (Wildman–Crippen LogP) is 4.59. The Morgan fingerprint density at radius 3 is 2.48 bits per heavy atom. The summed E-state index contributed by atoms with van der Waals surface area (Å²) in [5, 5.41) is 4.20. The Bertz CT molecular complexity index is 1110. The van der Waals surface area contributed by atoms with Crippen LogP contribution in [0.1, 0.15) is 21.6 Å². The summed E-state index contributed by atoms with van der Waals surface area (Å²) in [6.45, 7) is 0.936. The second-order valence-electron chi connectivity index (χ2n) is 6.93. The summed E-state index contributed by atoms with van der Waals surface area (Å²) in [4.78, 5) is 14.1. The summed E-state index contributed by atoms with van der Waals surface area (Å²) in [5.41, 5.74) is -0.847. The molecule has 1 aliphatic rings. The molecule has 31 heavy (non-hydrogen) atoms. The highest BCUT2D eigenvalue weighted by molar-refractivity contribution is 6.30. The summed E-state index contributed by atoms with van der Waals surface area (Å²) >= 11 is 5.82. The first-order chi connectivity index (χ1) is 14.7. The Hall–Kier alpha value is -3.20. The molecule has 1 aromatic heterocycles. The minimum Gasteiger partial charge on any atom is -0.486 e. The summed E-state index contributed by atoms with van der Waals surface area (Å²) in [6.07, 6.45) is -3.86. The van der Waals surface area contributed by atoms with Gasteiger partial charge in [-0.1, -0.05) is 17.7 Å². The lowest BCUT2D eigenvalue weighted by molar-refractivity contribution is -0.143. The van der Waals surface area contributed by atoms with Gasteiger partial charge in [0.2, 0.25) is 0 Å². The first kappa shape index (κ1) is 21.0. The number of ether oxygens (including phenoxy) is 2. The molecule has 1 amide bonds. The van der Waals surface area contributed by atoms with Crippen LogP contribution in [0.15, 0.2) is 48.7 Å². The number of nitrogens with zero attached hydrogens (tertiary/aromatic N) is 3. The average molecular weight is 452 g/mol. The second-order valence-corrected chi connectivity index (χ2v) is 7.37. The van der Waals surface area contributed by atoms with Crippen LogP contribution in [0.2, 0.25) is 5.02 Å². The Labute approximate surface area is 180 Å². The smallest absolute Gasteiger partial charge is 0.434 e. The van der Waals surface area contributed by atoms with Crippen molar-refractivity contribution < 1.29 is 27.4 Å². The molecule has 0 radical (unpaired) electrons. The molecule has 6 nitrogen and oxygen atoms in total. The summed E-state index contributed by atoms with van der Waals surface area (Å²) in [5.74, 6) is 0.325. The zero-order valence-corrected chi connectivity index (χ0v) is 17.1. The minimum atomic E-state index is -4.79. The first-order valence-electron chi connectivity index (χ1n) is 9.29. The third-order valence-corrected chi connectivity index (χ3v) is 4.96. The Balaban J connectivity index is 1.62. The lowest BCUT2D eigenvalue weighted by Gasteiger charge is -2.21. The van der Waals surface area contributed by atoms with Crippen molar-refractivity contribution in [3.8, 4) is 17.2 Å². The van der Waals surface area contributed by atoms with Gasteiger partial charge in [0.25, 0.3) is 5.91 Å². The van der Waals surface area contributed by atoms with E-state index in [1.807, 2.05) is 0 Å². The average Bonchev–Trinajstić information content (AvgIpc) is 3.19. The molecule has 2 heterocycles. The SMILES string of the molecule is CN(Cc1ccc2c(c1)OCCO2)C(=O)c1cnn(-c2ccc(Cl)cc2)c1C(F)(F)F. The highest BCUT2D eigenvalue weighted by Gasteiger charge is 2.41. The van der Waals surface area contributed by atoms with Crippen LogP contribution >= 0.6 is 11.6 Å². The van der Waals surface area contributed by atoms with Gasteiger partial charge in [-0.15, -0.1) is 0 Å². The van der Waals surface area contributed by atoms with Crippen LogP contribution in [0.5, 0.6) is 11.5 Å². The predicted molar refractivity (Wildman–Crippen MR) is 107 cm³/mol. The maximum absolute atomic E-state index is 13.9. The van der Waals surface area contributed by atoms with E-state index in [-0.39, 0.29) is 12.2 Å². The minimum absolute atomic E-state index is 0.0822. The zero-order chi connectivity index (χ0) is 22.2. The van der Waals surface area contributed by atoms with Crippen LogP contribution in [0.4, 0.5) is 13.2 Å². The number of amides is 1. The fourth-order valence-electron chi connectivity index (χ4n) is 3.29. The molecule has 0 spiro atoms. The van der Waals surface area contributed by atoms with Crippen molar-refractivity contribution in [3.63, 3.8) is 0 Å². The van der Waals surface area contributed by atoms with Crippen LogP contribution in [0.3, 0.4) is 0 Å². The van der Waals surface area contributed by atoms with Crippen molar-refractivity contribution in [2.24, 2.45) is 0 Å². The molecule has 3 aromatic rings. The normalized spacial score (nSPS) is 13.2. The third-order valence-electron chi connectivity index (χ3n) is 4.71. The summed E-state index contributed by atoms with van der Waals surface area (Å²) in [7, 11) is 1.43. The molecule has 162 valence electrons. The van der Waals surface area contributed by atoms with Crippen molar-refractivity contribution in [1.29, 1.82) is 0 Å². The molecule has 1 aliphatic heterocycles. The fourth-order valence-corrected chi connectivity index (χ4v) is 3.42. The number of hydrogen-bond acceptors (Lipinski definition) is 4. The number of alkyl halides is 3. The number of carbonyl (C=O) groups excluding carboxylic acids is 1. The number of benzene rings is 2. The molecule has 4 rings (SSSR count). The van der Waals surface area contributed by atoms with E-state index in [1.54, 1.807) is 18.2 Å². The van der Waals surface area contributed by atoms with Crippen LogP contribution in [-0.4, -0.2) is 40.8 Å². The molecule has 0 fully saturated rings. The Kier molecular flexibility index (Phi) is 5.53. The van der Waals surface area contributed by atoms with Crippen molar-refractivity contribution in [2.75, 3.05) is 20.3 Å². The number of hydrogen-bond donors (Lipinski definition) is 0. The monoisotopic (exact) mass is 451 g/mol. The van der Waals surface area contributed by atoms with E-state index in [0.29, 0.717) is 40.0 Å². The van der Waals surface area contributed by atoms with Crippen LogP contribution in [-0.2, 0) is 12.7 Å². The second kappa shape index (κ2) is 8.14. The quantitative estimate of drug-likeness (QED) is 0.582. The lowest BCUT2D eigenvalue weighted by atomic mass is 10.1. The molecule has 0 aliphatic carbocycles. The van der Waals surface area contributed by atoms with Gasteiger partial charge in [-0.2, -0.15) is 18.3 Å². The van der Waals surface area contributed by atoms with Gasteiger partial charge in [-0.3, -0.25) is 4.79 Å². The maximum Gasteiger partial charge on any atom is 0.434 e.